The van der Waals surface area contributed by atoms with Gasteiger partial charge in [-0.15, -0.1) is 0 Å². The maximum Gasteiger partial charge on any atom is 0.344 e. The van der Waals surface area contributed by atoms with Crippen LogP contribution in [0.4, 0.5) is 8.78 Å². The normalized spacial score (nSPS) is 22.0. The lowest BCUT2D eigenvalue weighted by atomic mass is 9.92. The van der Waals surface area contributed by atoms with Crippen molar-refractivity contribution in [1.82, 2.24) is 20.3 Å². The number of carbonyl (C=O) groups is 1. The monoisotopic (exact) mass is 657 g/mol. The molecule has 4 aromatic rings. The van der Waals surface area contributed by atoms with E-state index in [1.807, 2.05) is 44.2 Å². The average molecular weight is 658 g/mol. The van der Waals surface area contributed by atoms with E-state index in [4.69, 9.17) is 14.0 Å². The highest BCUT2D eigenvalue weighted by Gasteiger charge is 2.41. The number of benzene rings is 2. The number of likely N-dealkylation sites (tertiary alicyclic amines) is 1. The first-order valence-corrected chi connectivity index (χ1v) is 16.2. The molecule has 5 heterocycles. The molecule has 2 aromatic carbocycles. The molecule has 0 saturated carbocycles. The van der Waals surface area contributed by atoms with E-state index in [0.29, 0.717) is 52.4 Å². The van der Waals surface area contributed by atoms with E-state index in [9.17, 15) is 18.4 Å². The standard InChI is InChI=1S/C36H37F2N5O5/c1-19(2)33(42-46-3)35(44)43-17-24(38)14-29(43)34-40-16-28(41-34)21-7-8-25-27-18-47-30-12-20(22-11-23(37)5-4-10-39-15-22)6-9-26(30)32(27)36(45)48-31(25)13-21/h6-10,12-13,15-16,19,23-24,29,33,42H,4-5,11,14,17-18H2,1-3H3,(H,40,41)/b22-15?,39-10+/t23-,24-,29+,33+/m1/s1. The molecular formula is C36H37F2N5O5. The molecule has 3 aliphatic heterocycles. The molecule has 10 nitrogen and oxygen atoms in total. The predicted molar refractivity (Wildman–Crippen MR) is 178 cm³/mol. The van der Waals surface area contributed by atoms with Gasteiger partial charge in [0.1, 0.15) is 42.1 Å². The van der Waals surface area contributed by atoms with E-state index in [2.05, 4.69) is 20.4 Å². The molecule has 0 radical (unpaired) electrons. The summed E-state index contributed by atoms with van der Waals surface area (Å²) in [4.78, 5) is 45.5. The van der Waals surface area contributed by atoms with Gasteiger partial charge >= 0.3 is 5.63 Å². The first-order chi connectivity index (χ1) is 23.2. The highest BCUT2D eigenvalue weighted by molar-refractivity contribution is 5.91. The van der Waals surface area contributed by atoms with Gasteiger partial charge in [-0.25, -0.2) is 18.6 Å². The highest BCUT2D eigenvalue weighted by Crippen LogP contribution is 2.41. The first-order valence-electron chi connectivity index (χ1n) is 16.2. The van der Waals surface area contributed by atoms with Gasteiger partial charge in [-0.05, 0) is 48.1 Å². The molecule has 4 atom stereocenters. The van der Waals surface area contributed by atoms with Gasteiger partial charge in [0.2, 0.25) is 5.91 Å². The van der Waals surface area contributed by atoms with Gasteiger partial charge in [-0.2, -0.15) is 5.48 Å². The minimum atomic E-state index is -1.18. The number of rotatable bonds is 7. The number of fused-ring (bicyclic) bond motifs is 5. The average Bonchev–Trinajstić information content (AvgIpc) is 3.71. The number of amides is 1. The zero-order valence-corrected chi connectivity index (χ0v) is 27.0. The van der Waals surface area contributed by atoms with Gasteiger partial charge in [0.05, 0.1) is 37.2 Å². The Balaban J connectivity index is 1.17. The summed E-state index contributed by atoms with van der Waals surface area (Å²) in [5.74, 6) is 0.668. The number of ether oxygens (including phenoxy) is 1. The van der Waals surface area contributed by atoms with Crippen molar-refractivity contribution in [1.29, 1.82) is 0 Å². The topological polar surface area (TPSA) is 122 Å². The van der Waals surface area contributed by atoms with Gasteiger partial charge in [0.15, 0.2) is 0 Å². The Morgan fingerprint density at radius 1 is 1.15 bits per heavy atom. The van der Waals surface area contributed by atoms with Crippen LogP contribution in [0, 0.1) is 5.92 Å². The third-order valence-electron chi connectivity index (χ3n) is 9.33. The zero-order valence-electron chi connectivity index (χ0n) is 27.0. The maximum atomic E-state index is 14.7. The third kappa shape index (κ3) is 5.94. The highest BCUT2D eigenvalue weighted by atomic mass is 19.1. The summed E-state index contributed by atoms with van der Waals surface area (Å²) in [7, 11) is 1.45. The molecule has 250 valence electrons. The van der Waals surface area contributed by atoms with Crippen molar-refractivity contribution in [2.24, 2.45) is 10.9 Å². The molecule has 48 heavy (non-hydrogen) atoms. The number of halogens is 2. The first kappa shape index (κ1) is 31.9. The lowest BCUT2D eigenvalue weighted by molar-refractivity contribution is -0.140. The van der Waals surface area contributed by atoms with Crippen LogP contribution in [0.15, 0.2) is 63.0 Å². The molecular weight excluding hydrogens is 620 g/mol. The minimum Gasteiger partial charge on any atom is -0.488 e. The fraction of sp³-hybridized carbons (Fsp3) is 0.389. The SMILES string of the molecule is CON[C@H](C(=O)N1C[C@H](F)C[C@H]1c1ncc(-c2ccc3c4c(c(=O)oc3c2)-c2ccc(C3=C/N=C/CC[C@@H](F)C3)cc2OC4)[nH]1)C(C)C. The molecule has 7 rings (SSSR count). The maximum absolute atomic E-state index is 14.7. The second kappa shape index (κ2) is 13.1. The van der Waals surface area contributed by atoms with Crippen molar-refractivity contribution in [3.05, 3.63) is 76.2 Å². The number of aromatic nitrogens is 2. The number of alkyl halides is 2. The number of aliphatic imine (C=N–C) groups is 1. The van der Waals surface area contributed by atoms with Crippen molar-refractivity contribution < 1.29 is 27.6 Å². The molecule has 1 fully saturated rings. The Bertz CT molecular complexity index is 1980. The van der Waals surface area contributed by atoms with Crippen LogP contribution in [0.3, 0.4) is 0 Å². The van der Waals surface area contributed by atoms with Crippen molar-refractivity contribution in [2.45, 2.75) is 70.6 Å². The Hall–Kier alpha value is -4.68. The number of hydroxylamine groups is 1. The van der Waals surface area contributed by atoms with Gasteiger partial charge in [-0.1, -0.05) is 32.0 Å². The van der Waals surface area contributed by atoms with E-state index < -0.39 is 30.1 Å². The molecule has 12 heteroatoms. The van der Waals surface area contributed by atoms with Crippen LogP contribution >= 0.6 is 0 Å². The number of hydrogen-bond donors (Lipinski definition) is 2. The van der Waals surface area contributed by atoms with Crippen molar-refractivity contribution in [3.8, 4) is 28.1 Å². The number of nitrogens with one attached hydrogen (secondary N) is 2. The van der Waals surface area contributed by atoms with Crippen LogP contribution < -0.4 is 15.8 Å². The zero-order chi connectivity index (χ0) is 33.5. The van der Waals surface area contributed by atoms with Crippen LogP contribution in [0.5, 0.6) is 5.75 Å². The van der Waals surface area contributed by atoms with Crippen LogP contribution in [0.25, 0.3) is 38.9 Å². The fourth-order valence-electron chi connectivity index (χ4n) is 6.83. The summed E-state index contributed by atoms with van der Waals surface area (Å²) in [6.45, 7) is 3.92. The Kier molecular flexibility index (Phi) is 8.69. The summed E-state index contributed by atoms with van der Waals surface area (Å²) in [5, 5.41) is 0.735. The minimum absolute atomic E-state index is 0.0304. The number of allylic oxidation sites excluding steroid dienone is 1. The smallest absolute Gasteiger partial charge is 0.344 e. The number of nitrogens with zero attached hydrogens (tertiary/aromatic N) is 3. The fourth-order valence-corrected chi connectivity index (χ4v) is 6.83. The molecule has 3 aliphatic rings. The van der Waals surface area contributed by atoms with Crippen LogP contribution in [-0.2, 0) is 16.2 Å². The number of imidazole rings is 1. The second-order valence-electron chi connectivity index (χ2n) is 12.9. The number of carbonyl (C=O) groups excluding carboxylic acids is 1. The van der Waals surface area contributed by atoms with E-state index >= 15 is 0 Å². The molecule has 0 aliphatic carbocycles. The summed E-state index contributed by atoms with van der Waals surface area (Å²) < 4.78 is 41.1. The number of aromatic amines is 1. The second-order valence-corrected chi connectivity index (χ2v) is 12.9. The lowest BCUT2D eigenvalue weighted by Crippen LogP contribution is -2.49. The lowest BCUT2D eigenvalue weighted by Gasteiger charge is -2.29. The molecule has 0 bridgehead atoms. The molecule has 0 unspecified atom stereocenters. The van der Waals surface area contributed by atoms with Gasteiger partial charge in [0, 0.05) is 47.3 Å². The molecule has 2 N–H and O–H groups in total. The van der Waals surface area contributed by atoms with Crippen molar-refractivity contribution >= 4 is 28.7 Å². The molecule has 0 spiro atoms. The Morgan fingerprint density at radius 2 is 1.98 bits per heavy atom. The third-order valence-corrected chi connectivity index (χ3v) is 9.33. The molecule has 1 amide bonds. The summed E-state index contributed by atoms with van der Waals surface area (Å²) in [5.41, 5.74) is 7.32. The Labute approximate surface area is 275 Å². The predicted octanol–water partition coefficient (Wildman–Crippen LogP) is 6.46. The number of H-pyrrole nitrogens is 1. The summed E-state index contributed by atoms with van der Waals surface area (Å²) in [6, 6.07) is 9.83. The van der Waals surface area contributed by atoms with Crippen LogP contribution in [0.1, 0.15) is 62.5 Å². The van der Waals surface area contributed by atoms with E-state index in [1.54, 1.807) is 24.7 Å². The molecule has 1 saturated heterocycles. The van der Waals surface area contributed by atoms with Crippen LogP contribution in [-0.4, -0.2) is 59.0 Å². The molecule has 2 aromatic heterocycles. The van der Waals surface area contributed by atoms with Gasteiger partial charge in [0.25, 0.3) is 0 Å². The van der Waals surface area contributed by atoms with E-state index in [0.717, 1.165) is 22.1 Å². The quantitative estimate of drug-likeness (QED) is 0.173. The van der Waals surface area contributed by atoms with E-state index in [1.165, 1.54) is 12.0 Å². The van der Waals surface area contributed by atoms with Gasteiger partial charge < -0.3 is 23.9 Å². The summed E-state index contributed by atoms with van der Waals surface area (Å²) >= 11 is 0. The number of hydrogen-bond acceptors (Lipinski definition) is 8. The van der Waals surface area contributed by atoms with Crippen molar-refractivity contribution in [3.63, 3.8) is 0 Å². The van der Waals surface area contributed by atoms with Crippen LogP contribution in [0.2, 0.25) is 0 Å². The van der Waals surface area contributed by atoms with Crippen molar-refractivity contribution in [2.75, 3.05) is 13.7 Å². The Morgan fingerprint density at radius 3 is 2.79 bits per heavy atom. The largest absolute Gasteiger partial charge is 0.488 e. The summed E-state index contributed by atoms with van der Waals surface area (Å²) in [6.07, 6.45) is 4.33. The van der Waals surface area contributed by atoms with Gasteiger partial charge in [-0.3, -0.25) is 9.79 Å². The van der Waals surface area contributed by atoms with E-state index in [-0.39, 0.29) is 37.8 Å².